The Morgan fingerprint density at radius 2 is 2.00 bits per heavy atom. The first-order valence-electron chi connectivity index (χ1n) is 7.96. The van der Waals surface area contributed by atoms with Crippen molar-refractivity contribution in [2.45, 2.75) is 19.5 Å². The summed E-state index contributed by atoms with van der Waals surface area (Å²) in [6.07, 6.45) is 0.993. The van der Waals surface area contributed by atoms with Crippen LogP contribution in [-0.2, 0) is 13.1 Å². The zero-order valence-electron chi connectivity index (χ0n) is 13.1. The molecule has 0 atom stereocenters. The summed E-state index contributed by atoms with van der Waals surface area (Å²) in [6, 6.07) is 10.5. The first kappa shape index (κ1) is 16.1. The van der Waals surface area contributed by atoms with Crippen molar-refractivity contribution in [3.05, 3.63) is 52.0 Å². The van der Waals surface area contributed by atoms with E-state index in [0.29, 0.717) is 12.2 Å². The molecule has 1 aliphatic rings. The van der Waals surface area contributed by atoms with Gasteiger partial charge in [-0.2, -0.15) is 0 Å². The van der Waals surface area contributed by atoms with Crippen LogP contribution < -0.4 is 5.73 Å². The molecule has 3 rings (SSSR count). The zero-order chi connectivity index (χ0) is 16.1. The highest BCUT2D eigenvalue weighted by molar-refractivity contribution is 7.09. The number of aromatic nitrogens is 1. The van der Waals surface area contributed by atoms with Crippen LogP contribution in [0.15, 0.2) is 35.7 Å². The van der Waals surface area contributed by atoms with E-state index in [1.165, 1.54) is 16.9 Å². The second kappa shape index (κ2) is 7.68. The molecule has 1 aromatic heterocycles. The van der Waals surface area contributed by atoms with Gasteiger partial charge in [-0.3, -0.25) is 9.69 Å². The fraction of sp³-hybridized carbons (Fsp3) is 0.412. The topological polar surface area (TPSA) is 62.5 Å². The maximum atomic E-state index is 12.6. The Bertz CT molecular complexity index is 643. The molecule has 0 spiro atoms. The first-order chi connectivity index (χ1) is 11.3. The number of nitrogens with zero attached hydrogens (tertiary/aromatic N) is 3. The summed E-state index contributed by atoms with van der Waals surface area (Å²) >= 11 is 1.46. The number of hydrogen-bond donors (Lipinski definition) is 1. The minimum absolute atomic E-state index is 0.0301. The van der Waals surface area contributed by atoms with Crippen molar-refractivity contribution >= 4 is 17.2 Å². The second-order valence-corrected chi connectivity index (χ2v) is 6.68. The van der Waals surface area contributed by atoms with Gasteiger partial charge in [0.15, 0.2) is 0 Å². The Morgan fingerprint density at radius 3 is 2.74 bits per heavy atom. The molecule has 1 amide bonds. The van der Waals surface area contributed by atoms with Crippen LogP contribution in [0, 0.1) is 0 Å². The molecule has 1 saturated heterocycles. The molecule has 0 saturated carbocycles. The third kappa shape index (κ3) is 4.16. The molecule has 2 aromatic rings. The predicted octanol–water partition coefficient (Wildman–Crippen LogP) is 1.95. The summed E-state index contributed by atoms with van der Waals surface area (Å²) in [5.74, 6) is 0.0301. The summed E-state index contributed by atoms with van der Waals surface area (Å²) in [6.45, 7) is 4.79. The summed E-state index contributed by atoms with van der Waals surface area (Å²) < 4.78 is 0. The fourth-order valence-corrected chi connectivity index (χ4v) is 3.49. The molecule has 1 fully saturated rings. The Morgan fingerprint density at radius 1 is 1.17 bits per heavy atom. The van der Waals surface area contributed by atoms with Crippen molar-refractivity contribution in [1.82, 2.24) is 14.8 Å². The summed E-state index contributed by atoms with van der Waals surface area (Å²) in [4.78, 5) is 21.2. The lowest BCUT2D eigenvalue weighted by Gasteiger charge is -2.21. The van der Waals surface area contributed by atoms with Crippen LogP contribution in [0.3, 0.4) is 0 Å². The number of benzene rings is 1. The molecular formula is C17H22N4OS. The highest BCUT2D eigenvalue weighted by atomic mass is 32.1. The number of thiazole rings is 1. The van der Waals surface area contributed by atoms with Gasteiger partial charge in [0.25, 0.3) is 5.91 Å². The molecular weight excluding hydrogens is 308 g/mol. The molecule has 23 heavy (non-hydrogen) atoms. The van der Waals surface area contributed by atoms with Gasteiger partial charge in [0.2, 0.25) is 0 Å². The molecule has 1 aliphatic heterocycles. The average Bonchev–Trinajstić information content (AvgIpc) is 2.95. The molecule has 0 bridgehead atoms. The van der Waals surface area contributed by atoms with E-state index < -0.39 is 0 Å². The molecule has 0 radical (unpaired) electrons. The Kier molecular flexibility index (Phi) is 5.38. The van der Waals surface area contributed by atoms with Crippen LogP contribution in [0.4, 0.5) is 0 Å². The predicted molar refractivity (Wildman–Crippen MR) is 92.2 cm³/mol. The van der Waals surface area contributed by atoms with E-state index in [9.17, 15) is 4.79 Å². The average molecular weight is 330 g/mol. The SMILES string of the molecule is NCc1nc(C(=O)N2CCCN(Cc3ccccc3)CC2)cs1. The van der Waals surface area contributed by atoms with Crippen molar-refractivity contribution in [1.29, 1.82) is 0 Å². The molecule has 122 valence electrons. The minimum atomic E-state index is 0.0301. The van der Waals surface area contributed by atoms with Gasteiger partial charge in [0, 0.05) is 44.6 Å². The summed E-state index contributed by atoms with van der Waals surface area (Å²) in [7, 11) is 0. The standard InChI is InChI=1S/C17H22N4OS/c18-11-16-19-15(13-23-16)17(22)21-8-4-7-20(9-10-21)12-14-5-2-1-3-6-14/h1-3,5-6,13H,4,7-12,18H2. The second-order valence-electron chi connectivity index (χ2n) is 5.74. The van der Waals surface area contributed by atoms with E-state index in [1.54, 1.807) is 0 Å². The van der Waals surface area contributed by atoms with Gasteiger partial charge in [0.1, 0.15) is 10.7 Å². The van der Waals surface area contributed by atoms with E-state index in [0.717, 1.165) is 44.2 Å². The molecule has 2 heterocycles. The van der Waals surface area contributed by atoms with Gasteiger partial charge < -0.3 is 10.6 Å². The number of nitrogens with two attached hydrogens (primary N) is 1. The molecule has 5 nitrogen and oxygen atoms in total. The van der Waals surface area contributed by atoms with Crippen molar-refractivity contribution in [3.8, 4) is 0 Å². The van der Waals surface area contributed by atoms with Gasteiger partial charge in [-0.15, -0.1) is 11.3 Å². The van der Waals surface area contributed by atoms with Crippen molar-refractivity contribution < 1.29 is 4.79 Å². The van der Waals surface area contributed by atoms with Crippen LogP contribution in [0.5, 0.6) is 0 Å². The van der Waals surface area contributed by atoms with Crippen molar-refractivity contribution in [2.24, 2.45) is 5.73 Å². The largest absolute Gasteiger partial charge is 0.336 e. The van der Waals surface area contributed by atoms with Gasteiger partial charge in [-0.05, 0) is 12.0 Å². The first-order valence-corrected chi connectivity index (χ1v) is 8.84. The minimum Gasteiger partial charge on any atom is -0.336 e. The van der Waals surface area contributed by atoms with Crippen LogP contribution >= 0.6 is 11.3 Å². The van der Waals surface area contributed by atoms with Gasteiger partial charge >= 0.3 is 0 Å². The number of amides is 1. The monoisotopic (exact) mass is 330 g/mol. The fourth-order valence-electron chi connectivity index (χ4n) is 2.84. The Balaban J connectivity index is 1.58. The smallest absolute Gasteiger partial charge is 0.273 e. The number of rotatable bonds is 4. The zero-order valence-corrected chi connectivity index (χ0v) is 14.0. The lowest BCUT2D eigenvalue weighted by Crippen LogP contribution is -2.35. The summed E-state index contributed by atoms with van der Waals surface area (Å²) in [5.41, 5.74) is 7.43. The number of carbonyl (C=O) groups is 1. The van der Waals surface area contributed by atoms with E-state index >= 15 is 0 Å². The van der Waals surface area contributed by atoms with Gasteiger partial charge in [-0.25, -0.2) is 4.98 Å². The molecule has 0 aliphatic carbocycles. The van der Waals surface area contributed by atoms with Crippen molar-refractivity contribution in [2.75, 3.05) is 26.2 Å². The molecule has 2 N–H and O–H groups in total. The van der Waals surface area contributed by atoms with E-state index in [4.69, 9.17) is 5.73 Å². The maximum Gasteiger partial charge on any atom is 0.273 e. The number of hydrogen-bond acceptors (Lipinski definition) is 5. The lowest BCUT2D eigenvalue weighted by atomic mass is 10.2. The highest BCUT2D eigenvalue weighted by Crippen LogP contribution is 2.14. The van der Waals surface area contributed by atoms with E-state index in [1.807, 2.05) is 16.3 Å². The highest BCUT2D eigenvalue weighted by Gasteiger charge is 2.22. The van der Waals surface area contributed by atoms with Crippen LogP contribution in [0.1, 0.15) is 27.5 Å². The number of carbonyl (C=O) groups excluding carboxylic acids is 1. The van der Waals surface area contributed by atoms with Crippen LogP contribution in [0.2, 0.25) is 0 Å². The third-order valence-corrected chi connectivity index (χ3v) is 4.94. The molecule has 1 aromatic carbocycles. The van der Waals surface area contributed by atoms with Gasteiger partial charge in [0.05, 0.1) is 0 Å². The van der Waals surface area contributed by atoms with Crippen LogP contribution in [-0.4, -0.2) is 46.9 Å². The van der Waals surface area contributed by atoms with E-state index in [-0.39, 0.29) is 5.91 Å². The lowest BCUT2D eigenvalue weighted by molar-refractivity contribution is 0.0756. The normalized spacial score (nSPS) is 16.3. The quantitative estimate of drug-likeness (QED) is 0.931. The molecule has 0 unspecified atom stereocenters. The van der Waals surface area contributed by atoms with E-state index in [2.05, 4.69) is 34.1 Å². The van der Waals surface area contributed by atoms with Gasteiger partial charge in [-0.1, -0.05) is 30.3 Å². The van der Waals surface area contributed by atoms with Crippen molar-refractivity contribution in [3.63, 3.8) is 0 Å². The Labute approximate surface area is 140 Å². The van der Waals surface area contributed by atoms with Crippen LogP contribution in [0.25, 0.3) is 0 Å². The third-order valence-electron chi connectivity index (χ3n) is 4.07. The molecule has 6 heteroatoms. The Hall–Kier alpha value is -1.76. The maximum absolute atomic E-state index is 12.6. The summed E-state index contributed by atoms with van der Waals surface area (Å²) in [5, 5.41) is 2.63.